The van der Waals surface area contributed by atoms with Gasteiger partial charge in [0.1, 0.15) is 0 Å². The first-order valence-electron chi connectivity index (χ1n) is 15.8. The molecule has 1 aromatic carbocycles. The van der Waals surface area contributed by atoms with E-state index in [1.165, 1.54) is 67.7 Å². The van der Waals surface area contributed by atoms with Crippen LogP contribution >= 0.6 is 0 Å². The summed E-state index contributed by atoms with van der Waals surface area (Å²) < 4.78 is 16.2. The van der Waals surface area contributed by atoms with Gasteiger partial charge in [0.15, 0.2) is 0 Å². The summed E-state index contributed by atoms with van der Waals surface area (Å²) in [7, 11) is 1.70. The van der Waals surface area contributed by atoms with E-state index in [0.29, 0.717) is 43.8 Å². The van der Waals surface area contributed by atoms with E-state index in [4.69, 9.17) is 14.2 Å². The van der Waals surface area contributed by atoms with Crippen molar-refractivity contribution in [3.05, 3.63) is 65.5 Å². The lowest BCUT2D eigenvalue weighted by Gasteiger charge is -2.44. The molecule has 5 nitrogen and oxygen atoms in total. The van der Waals surface area contributed by atoms with Crippen LogP contribution in [0.25, 0.3) is 10.8 Å². The second kappa shape index (κ2) is 12.9. The summed E-state index contributed by atoms with van der Waals surface area (Å²) >= 11 is 0. The number of benzene rings is 1. The monoisotopic (exact) mass is 544 g/mol. The van der Waals surface area contributed by atoms with Gasteiger partial charge in [-0.15, -0.1) is 0 Å². The van der Waals surface area contributed by atoms with E-state index < -0.39 is 0 Å². The molecule has 0 radical (unpaired) electrons. The fourth-order valence-corrected chi connectivity index (χ4v) is 8.57. The summed E-state index contributed by atoms with van der Waals surface area (Å²) in [6.45, 7) is 6.86. The Hall–Kier alpha value is -2.05. The predicted octanol–water partition coefficient (Wildman–Crippen LogP) is 6.84. The quantitative estimate of drug-likeness (QED) is 0.314. The molecular weight excluding hydrogens is 496 g/mol. The van der Waals surface area contributed by atoms with Crippen molar-refractivity contribution in [3.8, 4) is 0 Å². The van der Waals surface area contributed by atoms with Crippen LogP contribution < -0.4 is 5.32 Å². The second-order valence-corrected chi connectivity index (χ2v) is 12.9. The van der Waals surface area contributed by atoms with Gasteiger partial charge in [0.25, 0.3) is 0 Å². The highest BCUT2D eigenvalue weighted by Crippen LogP contribution is 2.62. The first kappa shape index (κ1) is 28.1. The molecule has 6 unspecified atom stereocenters. The van der Waals surface area contributed by atoms with Crippen molar-refractivity contribution in [3.63, 3.8) is 0 Å². The Labute approximate surface area is 240 Å². The molecule has 1 heterocycles. The number of fused-ring (bicyclic) bond motifs is 5. The fraction of sp³-hybridized carbons (Fsp3) is 0.629. The lowest BCUT2D eigenvalue weighted by Crippen LogP contribution is -2.37. The third kappa shape index (κ3) is 5.94. The van der Waals surface area contributed by atoms with Crippen molar-refractivity contribution >= 4 is 10.8 Å². The van der Waals surface area contributed by atoms with E-state index >= 15 is 0 Å². The van der Waals surface area contributed by atoms with Gasteiger partial charge in [-0.1, -0.05) is 36.8 Å². The highest BCUT2D eigenvalue weighted by atomic mass is 16.5. The average Bonchev–Trinajstić information content (AvgIpc) is 3.22. The summed E-state index contributed by atoms with van der Waals surface area (Å²) in [5.74, 6) is 2.91. The summed E-state index contributed by atoms with van der Waals surface area (Å²) in [5.41, 5.74) is 5.29. The number of allylic oxidation sites excluding steroid dienone is 4. The number of hydrogen-bond donors (Lipinski definition) is 1. The van der Waals surface area contributed by atoms with Crippen LogP contribution in [0.15, 0.2) is 60.0 Å². The second-order valence-electron chi connectivity index (χ2n) is 12.9. The minimum absolute atomic E-state index is 0.358. The third-order valence-corrected chi connectivity index (χ3v) is 10.7. The van der Waals surface area contributed by atoms with Crippen molar-refractivity contribution in [2.24, 2.45) is 23.2 Å². The van der Waals surface area contributed by atoms with Gasteiger partial charge in [-0.2, -0.15) is 0 Å². The van der Waals surface area contributed by atoms with Crippen LogP contribution in [0, 0.1) is 23.2 Å². The highest BCUT2D eigenvalue weighted by Gasteiger charge is 2.52. The molecule has 4 aliphatic carbocycles. The van der Waals surface area contributed by atoms with E-state index in [2.05, 4.69) is 53.6 Å². The minimum Gasteiger partial charge on any atom is -0.382 e. The summed E-state index contributed by atoms with van der Waals surface area (Å²) in [4.78, 5) is 4.39. The van der Waals surface area contributed by atoms with Crippen molar-refractivity contribution in [1.29, 1.82) is 0 Å². The minimum atomic E-state index is 0.358. The Morgan fingerprint density at radius 2 is 1.82 bits per heavy atom. The van der Waals surface area contributed by atoms with Gasteiger partial charge in [0.05, 0.1) is 33.0 Å². The third-order valence-electron chi connectivity index (χ3n) is 10.7. The lowest BCUT2D eigenvalue weighted by atomic mass is 9.60. The van der Waals surface area contributed by atoms with Crippen LogP contribution in [0.1, 0.15) is 69.8 Å². The number of nitrogens with zero attached hydrogens (tertiary/aromatic N) is 1. The van der Waals surface area contributed by atoms with E-state index in [-0.39, 0.29) is 0 Å². The van der Waals surface area contributed by atoms with E-state index in [9.17, 15) is 0 Å². The van der Waals surface area contributed by atoms with Crippen LogP contribution in [0.2, 0.25) is 0 Å². The zero-order valence-corrected chi connectivity index (χ0v) is 24.6. The number of pyridine rings is 1. The zero-order chi connectivity index (χ0) is 27.4. The van der Waals surface area contributed by atoms with Crippen molar-refractivity contribution in [2.75, 3.05) is 46.7 Å². The van der Waals surface area contributed by atoms with Crippen LogP contribution in [0.3, 0.4) is 0 Å². The number of rotatable bonds is 11. The standard InChI is InChI=1S/C35H48N2O3/c1-35-13-11-28-21-26-5-7-31(37-15-16-39-19-20-40-18-17-38-2)23-27(26)6-8-32(28)34(35)10-9-33(35)29-4-3-25-12-14-36-24-30(25)22-29/h3-4,11-12,14,21-22,24,27,31-34,37H,5-10,13,15-20,23H2,1-2H3. The molecule has 0 amide bonds. The Morgan fingerprint density at radius 1 is 0.950 bits per heavy atom. The number of hydrogen-bond acceptors (Lipinski definition) is 5. The van der Waals surface area contributed by atoms with Crippen LogP contribution in [0.5, 0.6) is 0 Å². The molecule has 216 valence electrons. The smallest absolute Gasteiger partial charge is 0.0701 e. The molecule has 2 saturated carbocycles. The fourth-order valence-electron chi connectivity index (χ4n) is 8.57. The van der Waals surface area contributed by atoms with Gasteiger partial charge in [-0.25, -0.2) is 0 Å². The summed E-state index contributed by atoms with van der Waals surface area (Å²) in [6, 6.07) is 9.88. The first-order chi connectivity index (χ1) is 19.7. The highest BCUT2D eigenvalue weighted by molar-refractivity contribution is 5.82. The van der Waals surface area contributed by atoms with Crippen LogP contribution in [-0.4, -0.2) is 57.7 Å². The van der Waals surface area contributed by atoms with Crippen LogP contribution in [0.4, 0.5) is 0 Å². The SMILES string of the molecule is COCCOCCOCCNC1CCC2=CC3=CCC4(C)C(c5ccc6ccncc6c5)CCC4C3CCC2C1. The molecule has 6 atom stereocenters. The molecule has 1 aromatic heterocycles. The van der Waals surface area contributed by atoms with Gasteiger partial charge < -0.3 is 19.5 Å². The van der Waals surface area contributed by atoms with Gasteiger partial charge in [0.2, 0.25) is 0 Å². The number of ether oxygens (including phenoxy) is 3. The maximum Gasteiger partial charge on any atom is 0.0701 e. The summed E-state index contributed by atoms with van der Waals surface area (Å²) in [5, 5.41) is 6.38. The summed E-state index contributed by atoms with van der Waals surface area (Å²) in [6.07, 6.45) is 19.6. The van der Waals surface area contributed by atoms with Gasteiger partial charge in [-0.05, 0) is 109 Å². The molecule has 0 bridgehead atoms. The Balaban J connectivity index is 1.03. The molecule has 40 heavy (non-hydrogen) atoms. The largest absolute Gasteiger partial charge is 0.382 e. The Morgan fingerprint density at radius 3 is 2.73 bits per heavy atom. The van der Waals surface area contributed by atoms with Gasteiger partial charge in [0, 0.05) is 37.5 Å². The van der Waals surface area contributed by atoms with Crippen molar-refractivity contribution in [1.82, 2.24) is 10.3 Å². The average molecular weight is 545 g/mol. The molecule has 1 N–H and O–H groups in total. The van der Waals surface area contributed by atoms with E-state index in [0.717, 1.165) is 30.9 Å². The Kier molecular flexibility index (Phi) is 9.03. The molecule has 4 aliphatic rings. The topological polar surface area (TPSA) is 52.6 Å². The molecule has 2 aromatic rings. The van der Waals surface area contributed by atoms with E-state index in [1.54, 1.807) is 18.3 Å². The predicted molar refractivity (Wildman–Crippen MR) is 161 cm³/mol. The molecule has 5 heteroatoms. The molecule has 0 saturated heterocycles. The maximum absolute atomic E-state index is 5.76. The first-order valence-corrected chi connectivity index (χ1v) is 15.8. The van der Waals surface area contributed by atoms with Gasteiger partial charge in [-0.3, -0.25) is 4.98 Å². The lowest BCUT2D eigenvalue weighted by molar-refractivity contribution is 0.0250. The van der Waals surface area contributed by atoms with E-state index in [1.807, 2.05) is 12.4 Å². The normalized spacial score (nSPS) is 31.6. The zero-order valence-electron chi connectivity index (χ0n) is 24.6. The molecule has 0 spiro atoms. The Bertz CT molecular complexity index is 1210. The molecule has 6 rings (SSSR count). The number of aromatic nitrogens is 1. The van der Waals surface area contributed by atoms with Crippen LogP contribution in [-0.2, 0) is 14.2 Å². The molecule has 0 aliphatic heterocycles. The van der Waals surface area contributed by atoms with Crippen molar-refractivity contribution in [2.45, 2.75) is 70.3 Å². The number of methoxy groups -OCH3 is 1. The maximum atomic E-state index is 5.76. The number of nitrogens with one attached hydrogen (secondary N) is 1. The molecule has 2 fully saturated rings. The molecular formula is C35H48N2O3. The van der Waals surface area contributed by atoms with Crippen molar-refractivity contribution < 1.29 is 14.2 Å². The van der Waals surface area contributed by atoms with Gasteiger partial charge >= 0.3 is 0 Å².